The number of nitrogens with zero attached hydrogens (tertiary/aromatic N) is 4. The van der Waals surface area contributed by atoms with Gasteiger partial charge in [0, 0.05) is 24.7 Å². The first-order valence-electron chi connectivity index (χ1n) is 8.82. The van der Waals surface area contributed by atoms with Crippen molar-refractivity contribution >= 4 is 5.91 Å². The molecule has 0 saturated carbocycles. The number of aromatic nitrogens is 4. The molecule has 1 atom stereocenters. The van der Waals surface area contributed by atoms with Gasteiger partial charge in [0.15, 0.2) is 5.82 Å². The molecule has 7 nitrogen and oxygen atoms in total. The largest absolute Gasteiger partial charge is 0.345 e. The van der Waals surface area contributed by atoms with Gasteiger partial charge in [-0.2, -0.15) is 10.1 Å². The molecule has 1 aliphatic carbocycles. The number of amides is 1. The second kappa shape index (κ2) is 6.40. The highest BCUT2D eigenvalue weighted by atomic mass is 16.5. The summed E-state index contributed by atoms with van der Waals surface area (Å²) >= 11 is 0. The lowest BCUT2D eigenvalue weighted by Gasteiger charge is -2.14. The molecule has 1 aromatic carbocycles. The lowest BCUT2D eigenvalue weighted by atomic mass is 10.0. The number of aryl methyl sites for hydroxylation is 3. The van der Waals surface area contributed by atoms with E-state index in [0.29, 0.717) is 17.3 Å². The van der Waals surface area contributed by atoms with E-state index < -0.39 is 0 Å². The zero-order valence-corrected chi connectivity index (χ0v) is 15.1. The first-order valence-corrected chi connectivity index (χ1v) is 8.82. The van der Waals surface area contributed by atoms with Crippen molar-refractivity contribution in [3.8, 4) is 11.5 Å². The summed E-state index contributed by atoms with van der Waals surface area (Å²) in [6.07, 6.45) is 4.16. The van der Waals surface area contributed by atoms with Crippen molar-refractivity contribution in [3.05, 3.63) is 52.6 Å². The van der Waals surface area contributed by atoms with Crippen LogP contribution in [0.2, 0.25) is 0 Å². The summed E-state index contributed by atoms with van der Waals surface area (Å²) in [7, 11) is 1.83. The first-order chi connectivity index (χ1) is 12.6. The first kappa shape index (κ1) is 16.5. The fraction of sp³-hybridized carbons (Fsp3) is 0.368. The number of rotatable bonds is 4. The topological polar surface area (TPSA) is 85.8 Å². The van der Waals surface area contributed by atoms with Crippen molar-refractivity contribution in [1.82, 2.24) is 25.2 Å². The molecule has 1 unspecified atom stereocenters. The minimum atomic E-state index is -0.0815. The van der Waals surface area contributed by atoms with Crippen LogP contribution in [-0.2, 0) is 19.9 Å². The van der Waals surface area contributed by atoms with Crippen LogP contribution in [0.25, 0.3) is 11.5 Å². The van der Waals surface area contributed by atoms with Gasteiger partial charge in [0.2, 0.25) is 0 Å². The van der Waals surface area contributed by atoms with Crippen LogP contribution in [0.1, 0.15) is 52.4 Å². The van der Waals surface area contributed by atoms with Gasteiger partial charge < -0.3 is 9.84 Å². The summed E-state index contributed by atoms with van der Waals surface area (Å²) in [5.41, 5.74) is 4.77. The molecule has 1 amide bonds. The van der Waals surface area contributed by atoms with Crippen LogP contribution in [0, 0.1) is 6.92 Å². The quantitative estimate of drug-likeness (QED) is 0.781. The monoisotopic (exact) mass is 351 g/mol. The molecule has 4 rings (SSSR count). The minimum absolute atomic E-state index is 0.0139. The number of carbonyl (C=O) groups is 1. The fourth-order valence-corrected chi connectivity index (χ4v) is 3.37. The van der Waals surface area contributed by atoms with Crippen LogP contribution < -0.4 is 5.32 Å². The molecule has 7 heteroatoms. The molecule has 26 heavy (non-hydrogen) atoms. The van der Waals surface area contributed by atoms with Crippen LogP contribution in [0.3, 0.4) is 0 Å². The van der Waals surface area contributed by atoms with Gasteiger partial charge in [0.05, 0.1) is 17.8 Å². The predicted octanol–water partition coefficient (Wildman–Crippen LogP) is 2.76. The normalized spacial score (nSPS) is 15.9. The Labute approximate surface area is 151 Å². The Bertz CT molecular complexity index is 972. The van der Waals surface area contributed by atoms with E-state index in [2.05, 4.69) is 32.7 Å². The highest BCUT2D eigenvalue weighted by molar-refractivity contribution is 5.95. The van der Waals surface area contributed by atoms with Crippen molar-refractivity contribution in [2.24, 2.45) is 7.05 Å². The molecule has 0 spiro atoms. The molecule has 2 heterocycles. The molecule has 0 radical (unpaired) electrons. The van der Waals surface area contributed by atoms with E-state index >= 15 is 0 Å². The van der Waals surface area contributed by atoms with E-state index in [-0.39, 0.29) is 11.9 Å². The molecule has 3 aromatic rings. The van der Waals surface area contributed by atoms with Crippen molar-refractivity contribution in [1.29, 1.82) is 0 Å². The van der Waals surface area contributed by atoms with Gasteiger partial charge in [-0.05, 0) is 43.0 Å². The van der Waals surface area contributed by atoms with Gasteiger partial charge in [-0.15, -0.1) is 0 Å². The Kier molecular flexibility index (Phi) is 4.06. The summed E-state index contributed by atoms with van der Waals surface area (Å²) in [6, 6.07) is 6.13. The Morgan fingerprint density at radius 1 is 1.42 bits per heavy atom. The standard InChI is InChI=1S/C19H21N5O2/c1-4-17-22-19(26-23-17)13-5-7-14-12(9-13)6-8-16(14)21-18(25)15-10-20-24(3)11(15)2/h5,7,9-10,16H,4,6,8H2,1-3H3,(H,21,25). The number of carbonyl (C=O) groups excluding carboxylic acids is 1. The summed E-state index contributed by atoms with van der Waals surface area (Å²) in [6.45, 7) is 3.89. The third kappa shape index (κ3) is 2.79. The number of fused-ring (bicyclic) bond motifs is 1. The van der Waals surface area contributed by atoms with Crippen molar-refractivity contribution in [2.45, 2.75) is 39.2 Å². The maximum Gasteiger partial charge on any atom is 0.257 e. The number of benzene rings is 1. The summed E-state index contributed by atoms with van der Waals surface area (Å²) in [4.78, 5) is 17.0. The average molecular weight is 351 g/mol. The molecular weight excluding hydrogens is 330 g/mol. The van der Waals surface area contributed by atoms with Crippen LogP contribution in [0.15, 0.2) is 28.9 Å². The molecule has 0 fully saturated rings. The van der Waals surface area contributed by atoms with E-state index in [1.54, 1.807) is 10.9 Å². The molecule has 0 aliphatic heterocycles. The zero-order valence-electron chi connectivity index (χ0n) is 15.1. The fourth-order valence-electron chi connectivity index (χ4n) is 3.37. The summed E-state index contributed by atoms with van der Waals surface area (Å²) < 4.78 is 7.03. The highest BCUT2D eigenvalue weighted by Gasteiger charge is 2.26. The molecule has 0 saturated heterocycles. The second-order valence-corrected chi connectivity index (χ2v) is 6.61. The van der Waals surface area contributed by atoms with Gasteiger partial charge in [-0.1, -0.05) is 18.1 Å². The third-order valence-corrected chi connectivity index (χ3v) is 5.04. The number of hydrogen-bond acceptors (Lipinski definition) is 5. The smallest absolute Gasteiger partial charge is 0.257 e. The number of nitrogens with one attached hydrogen (secondary N) is 1. The van der Waals surface area contributed by atoms with Crippen LogP contribution in [-0.4, -0.2) is 25.8 Å². The van der Waals surface area contributed by atoms with Crippen LogP contribution in [0.5, 0.6) is 0 Å². The Hall–Kier alpha value is -2.96. The Morgan fingerprint density at radius 2 is 2.27 bits per heavy atom. The summed E-state index contributed by atoms with van der Waals surface area (Å²) in [5, 5.41) is 11.2. The highest BCUT2D eigenvalue weighted by Crippen LogP contribution is 2.34. The Balaban J connectivity index is 1.54. The average Bonchev–Trinajstić information content (AvgIpc) is 3.35. The van der Waals surface area contributed by atoms with E-state index in [0.717, 1.165) is 36.1 Å². The van der Waals surface area contributed by atoms with Gasteiger partial charge in [0.25, 0.3) is 11.8 Å². The Morgan fingerprint density at radius 3 is 2.96 bits per heavy atom. The van der Waals surface area contributed by atoms with Gasteiger partial charge in [0.1, 0.15) is 0 Å². The molecule has 1 N–H and O–H groups in total. The van der Waals surface area contributed by atoms with E-state index in [4.69, 9.17) is 4.52 Å². The van der Waals surface area contributed by atoms with Gasteiger partial charge in [-0.3, -0.25) is 9.48 Å². The maximum atomic E-state index is 12.6. The van der Waals surface area contributed by atoms with E-state index in [1.165, 1.54) is 5.56 Å². The predicted molar refractivity (Wildman–Crippen MR) is 95.6 cm³/mol. The van der Waals surface area contributed by atoms with Crippen molar-refractivity contribution < 1.29 is 9.32 Å². The van der Waals surface area contributed by atoms with Gasteiger partial charge in [-0.25, -0.2) is 0 Å². The molecule has 2 aromatic heterocycles. The molecule has 0 bridgehead atoms. The molecule has 134 valence electrons. The van der Waals surface area contributed by atoms with Crippen LogP contribution in [0.4, 0.5) is 0 Å². The number of hydrogen-bond donors (Lipinski definition) is 1. The van der Waals surface area contributed by atoms with Gasteiger partial charge >= 0.3 is 0 Å². The molecule has 1 aliphatic rings. The maximum absolute atomic E-state index is 12.6. The van der Waals surface area contributed by atoms with Crippen LogP contribution >= 0.6 is 0 Å². The lowest BCUT2D eigenvalue weighted by molar-refractivity contribution is 0.0936. The zero-order chi connectivity index (χ0) is 18.3. The third-order valence-electron chi connectivity index (χ3n) is 5.04. The summed E-state index contributed by atoms with van der Waals surface area (Å²) in [5.74, 6) is 1.17. The minimum Gasteiger partial charge on any atom is -0.345 e. The SMILES string of the molecule is CCc1noc(-c2ccc3c(c2)CCC3NC(=O)c2cnn(C)c2C)n1. The second-order valence-electron chi connectivity index (χ2n) is 6.61. The van der Waals surface area contributed by atoms with Crippen molar-refractivity contribution in [2.75, 3.05) is 0 Å². The van der Waals surface area contributed by atoms with Crippen molar-refractivity contribution in [3.63, 3.8) is 0 Å². The van der Waals surface area contributed by atoms with E-state index in [1.807, 2.05) is 27.0 Å². The van der Waals surface area contributed by atoms with E-state index in [9.17, 15) is 4.79 Å². The lowest BCUT2D eigenvalue weighted by Crippen LogP contribution is -2.27. The molecular formula is C19H21N5O2.